The summed E-state index contributed by atoms with van der Waals surface area (Å²) in [4.78, 5) is 14.8. The minimum Gasteiger partial charge on any atom is -0.392 e. The fraction of sp³-hybridized carbons (Fsp3) is 0.526. The van der Waals surface area contributed by atoms with Gasteiger partial charge in [0, 0.05) is 26.1 Å². The molecular weight excluding hydrogens is 316 g/mol. The van der Waals surface area contributed by atoms with Gasteiger partial charge in [0.1, 0.15) is 5.82 Å². The van der Waals surface area contributed by atoms with E-state index in [0.29, 0.717) is 11.7 Å². The van der Waals surface area contributed by atoms with Crippen molar-refractivity contribution in [3.05, 3.63) is 47.0 Å². The number of carbonyl (C=O) groups is 1. The maximum atomic E-state index is 12.8. The molecule has 1 N–H and O–H groups in total. The largest absolute Gasteiger partial charge is 0.392 e. The van der Waals surface area contributed by atoms with Crippen molar-refractivity contribution in [2.75, 3.05) is 13.1 Å². The lowest BCUT2D eigenvalue weighted by Gasteiger charge is -2.19. The lowest BCUT2D eigenvalue weighted by atomic mass is 9.98. The van der Waals surface area contributed by atoms with Crippen LogP contribution in [-0.4, -0.2) is 43.8 Å². The molecule has 6 heteroatoms. The number of hydrogen-bond donors (Lipinski definition) is 1. The SMILES string of the molecule is O=C(c1nnc2n1CCCC2)N1CCC(Cc2ccc(CO)cc2)C1. The number of carbonyl (C=O) groups excluding carboxylic acids is 1. The summed E-state index contributed by atoms with van der Waals surface area (Å²) in [6.07, 6.45) is 5.14. The van der Waals surface area contributed by atoms with Crippen molar-refractivity contribution in [1.29, 1.82) is 0 Å². The first-order chi connectivity index (χ1) is 12.2. The zero-order valence-corrected chi connectivity index (χ0v) is 14.4. The van der Waals surface area contributed by atoms with E-state index in [0.717, 1.165) is 63.1 Å². The number of benzene rings is 1. The molecule has 132 valence electrons. The van der Waals surface area contributed by atoms with Crippen molar-refractivity contribution in [2.45, 2.75) is 45.3 Å². The highest BCUT2D eigenvalue weighted by Crippen LogP contribution is 2.23. The molecule has 4 rings (SSSR count). The standard InChI is InChI=1S/C19H24N4O2/c24-13-15-6-4-14(5-7-15)11-16-8-10-22(12-16)19(25)18-21-20-17-3-1-2-9-23(17)18/h4-7,16,24H,1-3,8-13H2. The number of nitrogens with zero attached hydrogens (tertiary/aromatic N) is 4. The number of fused-ring (bicyclic) bond motifs is 1. The summed E-state index contributed by atoms with van der Waals surface area (Å²) < 4.78 is 2.01. The third-order valence-corrected chi connectivity index (χ3v) is 5.35. The van der Waals surface area contributed by atoms with Crippen LogP contribution in [0.3, 0.4) is 0 Å². The van der Waals surface area contributed by atoms with E-state index in [1.165, 1.54) is 5.56 Å². The van der Waals surface area contributed by atoms with E-state index in [9.17, 15) is 4.79 Å². The highest BCUT2D eigenvalue weighted by molar-refractivity contribution is 5.91. The van der Waals surface area contributed by atoms with Crippen LogP contribution in [0.2, 0.25) is 0 Å². The Hall–Kier alpha value is -2.21. The Morgan fingerprint density at radius 1 is 1.12 bits per heavy atom. The third-order valence-electron chi connectivity index (χ3n) is 5.35. The van der Waals surface area contributed by atoms with Gasteiger partial charge < -0.3 is 14.6 Å². The lowest BCUT2D eigenvalue weighted by Crippen LogP contribution is -2.32. The molecule has 3 heterocycles. The molecule has 1 aromatic carbocycles. The number of aromatic nitrogens is 3. The minimum absolute atomic E-state index is 0.0266. The first-order valence-electron chi connectivity index (χ1n) is 9.14. The summed E-state index contributed by atoms with van der Waals surface area (Å²) in [5, 5.41) is 17.5. The van der Waals surface area contributed by atoms with Crippen LogP contribution in [0, 0.1) is 5.92 Å². The summed E-state index contributed by atoms with van der Waals surface area (Å²) in [6.45, 7) is 2.51. The minimum atomic E-state index is 0.0266. The molecular formula is C19H24N4O2. The number of hydrogen-bond acceptors (Lipinski definition) is 4. The van der Waals surface area contributed by atoms with Gasteiger partial charge >= 0.3 is 0 Å². The molecule has 25 heavy (non-hydrogen) atoms. The molecule has 0 spiro atoms. The fourth-order valence-corrected chi connectivity index (χ4v) is 3.91. The number of rotatable bonds is 4. The van der Waals surface area contributed by atoms with Crippen molar-refractivity contribution >= 4 is 5.91 Å². The molecule has 1 atom stereocenters. The smallest absolute Gasteiger partial charge is 0.291 e. The van der Waals surface area contributed by atoms with Crippen LogP contribution in [0.5, 0.6) is 0 Å². The molecule has 1 fully saturated rings. The monoisotopic (exact) mass is 340 g/mol. The van der Waals surface area contributed by atoms with Gasteiger partial charge in [0.2, 0.25) is 5.82 Å². The Bertz CT molecular complexity index is 753. The second kappa shape index (κ2) is 6.96. The first kappa shape index (κ1) is 16.3. The summed E-state index contributed by atoms with van der Waals surface area (Å²) in [7, 11) is 0. The molecule has 2 aliphatic heterocycles. The van der Waals surface area contributed by atoms with Crippen molar-refractivity contribution < 1.29 is 9.90 Å². The highest BCUT2D eigenvalue weighted by atomic mass is 16.3. The van der Waals surface area contributed by atoms with E-state index in [1.54, 1.807) is 0 Å². The van der Waals surface area contributed by atoms with E-state index >= 15 is 0 Å². The van der Waals surface area contributed by atoms with E-state index in [-0.39, 0.29) is 12.5 Å². The molecule has 1 amide bonds. The molecule has 2 aromatic rings. The summed E-state index contributed by atoms with van der Waals surface area (Å²) in [5.41, 5.74) is 2.19. The zero-order valence-electron chi connectivity index (χ0n) is 14.4. The summed E-state index contributed by atoms with van der Waals surface area (Å²) >= 11 is 0. The Morgan fingerprint density at radius 2 is 1.92 bits per heavy atom. The predicted molar refractivity (Wildman–Crippen MR) is 93.0 cm³/mol. The fourth-order valence-electron chi connectivity index (χ4n) is 3.91. The molecule has 0 aliphatic carbocycles. The van der Waals surface area contributed by atoms with Crippen molar-refractivity contribution in [3.8, 4) is 0 Å². The topological polar surface area (TPSA) is 71.2 Å². The van der Waals surface area contributed by atoms with Crippen LogP contribution in [0.1, 0.15) is 46.8 Å². The van der Waals surface area contributed by atoms with E-state index in [4.69, 9.17) is 5.11 Å². The second-order valence-corrected chi connectivity index (χ2v) is 7.13. The van der Waals surface area contributed by atoms with E-state index in [1.807, 2.05) is 21.6 Å². The average Bonchev–Trinajstić information content (AvgIpc) is 3.29. The Balaban J connectivity index is 1.40. The number of aryl methyl sites for hydroxylation is 1. The summed E-state index contributed by atoms with van der Waals surface area (Å²) in [6, 6.07) is 8.08. The maximum Gasteiger partial charge on any atom is 0.291 e. The molecule has 0 saturated carbocycles. The highest BCUT2D eigenvalue weighted by Gasteiger charge is 2.31. The Morgan fingerprint density at radius 3 is 2.72 bits per heavy atom. The van der Waals surface area contributed by atoms with Gasteiger partial charge in [0.05, 0.1) is 6.61 Å². The molecule has 6 nitrogen and oxygen atoms in total. The van der Waals surface area contributed by atoms with Crippen LogP contribution in [-0.2, 0) is 26.0 Å². The molecule has 1 saturated heterocycles. The zero-order chi connectivity index (χ0) is 17.2. The number of likely N-dealkylation sites (tertiary alicyclic amines) is 1. The van der Waals surface area contributed by atoms with Crippen molar-refractivity contribution in [3.63, 3.8) is 0 Å². The molecule has 1 aromatic heterocycles. The Kier molecular flexibility index (Phi) is 4.53. The lowest BCUT2D eigenvalue weighted by molar-refractivity contribution is 0.0768. The molecule has 0 bridgehead atoms. The van der Waals surface area contributed by atoms with Gasteiger partial charge in [0.25, 0.3) is 5.91 Å². The van der Waals surface area contributed by atoms with Gasteiger partial charge in [-0.3, -0.25) is 4.79 Å². The molecule has 1 unspecified atom stereocenters. The van der Waals surface area contributed by atoms with Crippen LogP contribution in [0.4, 0.5) is 0 Å². The normalized spacial score (nSPS) is 19.9. The van der Waals surface area contributed by atoms with Crippen LogP contribution in [0.25, 0.3) is 0 Å². The quantitative estimate of drug-likeness (QED) is 0.921. The Labute approximate surface area is 147 Å². The number of amides is 1. The average molecular weight is 340 g/mol. The summed E-state index contributed by atoms with van der Waals surface area (Å²) in [5.74, 6) is 1.98. The van der Waals surface area contributed by atoms with Gasteiger partial charge in [-0.05, 0) is 42.7 Å². The number of aliphatic hydroxyl groups excluding tert-OH is 1. The van der Waals surface area contributed by atoms with Gasteiger partial charge in [0.15, 0.2) is 0 Å². The van der Waals surface area contributed by atoms with E-state index in [2.05, 4.69) is 22.3 Å². The second-order valence-electron chi connectivity index (χ2n) is 7.13. The number of aliphatic hydroxyl groups is 1. The predicted octanol–water partition coefficient (Wildman–Crippen LogP) is 1.81. The molecule has 2 aliphatic rings. The van der Waals surface area contributed by atoms with Crippen molar-refractivity contribution in [1.82, 2.24) is 19.7 Å². The van der Waals surface area contributed by atoms with Crippen LogP contribution < -0.4 is 0 Å². The van der Waals surface area contributed by atoms with Gasteiger partial charge in [-0.15, -0.1) is 10.2 Å². The van der Waals surface area contributed by atoms with E-state index < -0.39 is 0 Å². The molecule has 0 radical (unpaired) electrons. The van der Waals surface area contributed by atoms with Crippen LogP contribution >= 0.6 is 0 Å². The third kappa shape index (κ3) is 3.31. The maximum absolute atomic E-state index is 12.8. The van der Waals surface area contributed by atoms with Gasteiger partial charge in [-0.25, -0.2) is 0 Å². The van der Waals surface area contributed by atoms with Crippen LogP contribution in [0.15, 0.2) is 24.3 Å². The van der Waals surface area contributed by atoms with Gasteiger partial charge in [-0.1, -0.05) is 24.3 Å². The van der Waals surface area contributed by atoms with Crippen molar-refractivity contribution in [2.24, 2.45) is 5.92 Å². The van der Waals surface area contributed by atoms with Gasteiger partial charge in [-0.2, -0.15) is 0 Å². The first-order valence-corrected chi connectivity index (χ1v) is 9.14.